The summed E-state index contributed by atoms with van der Waals surface area (Å²) in [5, 5.41) is 16.9. The number of aliphatic hydroxyl groups is 1. The van der Waals surface area contributed by atoms with E-state index >= 15 is 0 Å². The van der Waals surface area contributed by atoms with Crippen molar-refractivity contribution in [2.45, 2.75) is 32.6 Å². The van der Waals surface area contributed by atoms with Gasteiger partial charge in [-0.1, -0.05) is 19.9 Å². The van der Waals surface area contributed by atoms with Crippen LogP contribution in [0.1, 0.15) is 24.4 Å². The van der Waals surface area contributed by atoms with E-state index in [0.717, 1.165) is 10.9 Å². The van der Waals surface area contributed by atoms with Crippen molar-refractivity contribution in [1.29, 1.82) is 0 Å². The van der Waals surface area contributed by atoms with Gasteiger partial charge in [-0.2, -0.15) is 18.2 Å². The van der Waals surface area contributed by atoms with Crippen molar-refractivity contribution in [3.8, 4) is 0 Å². The van der Waals surface area contributed by atoms with Crippen LogP contribution in [0, 0.1) is 5.92 Å². The fourth-order valence-electron chi connectivity index (χ4n) is 1.93. The third kappa shape index (κ3) is 5.07. The SMILES string of the molecule is CC(C)[C@H](CO)Nc1nc(NCc2cccs2)cc(C(F)(F)F)n1. The number of alkyl halides is 3. The quantitative estimate of drug-likeness (QED) is 0.704. The highest BCUT2D eigenvalue weighted by Gasteiger charge is 2.34. The molecule has 1 atom stereocenters. The second-order valence-electron chi connectivity index (χ2n) is 5.57. The first-order chi connectivity index (χ1) is 11.3. The summed E-state index contributed by atoms with van der Waals surface area (Å²) in [4.78, 5) is 8.58. The van der Waals surface area contributed by atoms with E-state index in [9.17, 15) is 18.3 Å². The zero-order valence-corrected chi connectivity index (χ0v) is 14.1. The van der Waals surface area contributed by atoms with Crippen LogP contribution in [0.3, 0.4) is 0 Å². The molecule has 2 aromatic rings. The number of halogens is 3. The van der Waals surface area contributed by atoms with Crippen LogP contribution in [-0.2, 0) is 12.7 Å². The lowest BCUT2D eigenvalue weighted by atomic mass is 10.1. The minimum Gasteiger partial charge on any atom is -0.394 e. The van der Waals surface area contributed by atoms with Crippen molar-refractivity contribution < 1.29 is 18.3 Å². The van der Waals surface area contributed by atoms with Crippen LogP contribution in [0.2, 0.25) is 0 Å². The number of aromatic nitrogens is 2. The van der Waals surface area contributed by atoms with Crippen molar-refractivity contribution in [3.05, 3.63) is 34.2 Å². The lowest BCUT2D eigenvalue weighted by molar-refractivity contribution is -0.141. The zero-order chi connectivity index (χ0) is 17.7. The number of hydrogen-bond donors (Lipinski definition) is 3. The third-order valence-electron chi connectivity index (χ3n) is 3.36. The molecule has 0 amide bonds. The average molecular weight is 360 g/mol. The van der Waals surface area contributed by atoms with E-state index in [2.05, 4.69) is 20.6 Å². The van der Waals surface area contributed by atoms with Gasteiger partial charge in [0.15, 0.2) is 5.69 Å². The Labute approximate surface area is 142 Å². The lowest BCUT2D eigenvalue weighted by Crippen LogP contribution is -2.30. The number of anilines is 2. The van der Waals surface area contributed by atoms with Crippen LogP contribution >= 0.6 is 11.3 Å². The van der Waals surface area contributed by atoms with Gasteiger partial charge in [0.05, 0.1) is 19.2 Å². The van der Waals surface area contributed by atoms with Gasteiger partial charge < -0.3 is 15.7 Å². The summed E-state index contributed by atoms with van der Waals surface area (Å²) in [5.41, 5.74) is -1.03. The summed E-state index contributed by atoms with van der Waals surface area (Å²) in [7, 11) is 0. The first-order valence-electron chi connectivity index (χ1n) is 7.39. The lowest BCUT2D eigenvalue weighted by Gasteiger charge is -2.21. The molecule has 0 saturated heterocycles. The molecule has 0 saturated carbocycles. The Kier molecular flexibility index (Phi) is 6.00. The van der Waals surface area contributed by atoms with E-state index in [4.69, 9.17) is 0 Å². The Morgan fingerprint density at radius 2 is 2.04 bits per heavy atom. The number of hydrogen-bond acceptors (Lipinski definition) is 6. The van der Waals surface area contributed by atoms with E-state index in [1.165, 1.54) is 11.3 Å². The fourth-order valence-corrected chi connectivity index (χ4v) is 2.57. The van der Waals surface area contributed by atoms with Crippen LogP contribution in [0.15, 0.2) is 23.6 Å². The van der Waals surface area contributed by atoms with Crippen molar-refractivity contribution in [1.82, 2.24) is 9.97 Å². The van der Waals surface area contributed by atoms with Crippen LogP contribution in [0.25, 0.3) is 0 Å². The van der Waals surface area contributed by atoms with Crippen LogP contribution in [0.4, 0.5) is 24.9 Å². The maximum Gasteiger partial charge on any atom is 0.433 e. The summed E-state index contributed by atoms with van der Waals surface area (Å²) in [6, 6.07) is 4.19. The first-order valence-corrected chi connectivity index (χ1v) is 8.27. The Morgan fingerprint density at radius 1 is 1.29 bits per heavy atom. The average Bonchev–Trinajstić information content (AvgIpc) is 3.02. The van der Waals surface area contributed by atoms with Crippen molar-refractivity contribution >= 4 is 23.1 Å². The molecule has 2 rings (SSSR count). The van der Waals surface area contributed by atoms with E-state index in [0.29, 0.717) is 6.54 Å². The summed E-state index contributed by atoms with van der Waals surface area (Å²) < 4.78 is 39.1. The van der Waals surface area contributed by atoms with Gasteiger partial charge in [0.25, 0.3) is 0 Å². The Morgan fingerprint density at radius 3 is 2.58 bits per heavy atom. The van der Waals surface area contributed by atoms with E-state index < -0.39 is 17.9 Å². The molecule has 5 nitrogen and oxygen atoms in total. The maximum atomic E-state index is 13.0. The fraction of sp³-hybridized carbons (Fsp3) is 0.467. The molecule has 3 N–H and O–H groups in total. The molecule has 2 aromatic heterocycles. The maximum absolute atomic E-state index is 13.0. The molecule has 132 valence electrons. The van der Waals surface area contributed by atoms with Gasteiger partial charge in [-0.3, -0.25) is 0 Å². The van der Waals surface area contributed by atoms with Gasteiger partial charge in [0, 0.05) is 10.9 Å². The number of rotatable bonds is 7. The molecule has 0 aromatic carbocycles. The van der Waals surface area contributed by atoms with Gasteiger partial charge in [0.1, 0.15) is 5.82 Å². The summed E-state index contributed by atoms with van der Waals surface area (Å²) >= 11 is 1.50. The zero-order valence-electron chi connectivity index (χ0n) is 13.3. The molecule has 0 unspecified atom stereocenters. The van der Waals surface area contributed by atoms with Gasteiger partial charge in [-0.15, -0.1) is 11.3 Å². The van der Waals surface area contributed by atoms with Crippen LogP contribution in [-0.4, -0.2) is 27.7 Å². The summed E-state index contributed by atoms with van der Waals surface area (Å²) in [6.07, 6.45) is -4.58. The minimum atomic E-state index is -4.58. The second kappa shape index (κ2) is 7.80. The van der Waals surface area contributed by atoms with Gasteiger partial charge in [-0.05, 0) is 17.4 Å². The molecule has 0 aliphatic rings. The van der Waals surface area contributed by atoms with Gasteiger partial charge in [-0.25, -0.2) is 4.98 Å². The minimum absolute atomic E-state index is 0.00988. The Bertz CT molecular complexity index is 647. The molecule has 0 aliphatic heterocycles. The Balaban J connectivity index is 2.23. The topological polar surface area (TPSA) is 70.1 Å². The number of thiophene rings is 1. The second-order valence-corrected chi connectivity index (χ2v) is 6.60. The van der Waals surface area contributed by atoms with Gasteiger partial charge >= 0.3 is 6.18 Å². The molecule has 0 bridgehead atoms. The molecular weight excluding hydrogens is 341 g/mol. The summed E-state index contributed by atoms with van der Waals surface area (Å²) in [5.74, 6) is -0.0735. The molecule has 24 heavy (non-hydrogen) atoms. The van der Waals surface area contributed by atoms with E-state index in [1.54, 1.807) is 0 Å². The van der Waals surface area contributed by atoms with E-state index in [-0.39, 0.29) is 24.3 Å². The predicted octanol–water partition coefficient (Wildman–Crippen LogP) is 3.60. The van der Waals surface area contributed by atoms with Gasteiger partial charge in [0.2, 0.25) is 5.95 Å². The monoisotopic (exact) mass is 360 g/mol. The third-order valence-corrected chi connectivity index (χ3v) is 4.23. The van der Waals surface area contributed by atoms with E-state index in [1.807, 2.05) is 31.4 Å². The van der Waals surface area contributed by atoms with Crippen LogP contribution < -0.4 is 10.6 Å². The molecule has 9 heteroatoms. The largest absolute Gasteiger partial charge is 0.433 e. The molecule has 0 fully saturated rings. The number of aliphatic hydroxyl groups excluding tert-OH is 1. The summed E-state index contributed by atoms with van der Waals surface area (Å²) in [6.45, 7) is 3.84. The molecule has 2 heterocycles. The number of nitrogens with zero attached hydrogens (tertiary/aromatic N) is 2. The van der Waals surface area contributed by atoms with Crippen molar-refractivity contribution in [2.75, 3.05) is 17.2 Å². The van der Waals surface area contributed by atoms with Crippen molar-refractivity contribution in [2.24, 2.45) is 5.92 Å². The molecular formula is C15H19F3N4OS. The first kappa shape index (κ1) is 18.5. The highest BCUT2D eigenvalue weighted by molar-refractivity contribution is 7.09. The molecule has 0 aliphatic carbocycles. The molecule has 0 radical (unpaired) electrons. The standard InChI is InChI=1S/C15H19F3N4OS/c1-9(2)11(8-23)20-14-21-12(15(16,17)18)6-13(22-14)19-7-10-4-3-5-24-10/h3-6,9,11,23H,7-8H2,1-2H3,(H2,19,20,21,22)/t11-/m0/s1. The smallest absolute Gasteiger partial charge is 0.394 e. The van der Waals surface area contributed by atoms with Crippen LogP contribution in [0.5, 0.6) is 0 Å². The highest BCUT2D eigenvalue weighted by atomic mass is 32.1. The van der Waals surface area contributed by atoms with Crippen molar-refractivity contribution in [3.63, 3.8) is 0 Å². The highest BCUT2D eigenvalue weighted by Crippen LogP contribution is 2.30. The predicted molar refractivity (Wildman–Crippen MR) is 88.0 cm³/mol. The normalized spacial score (nSPS) is 13.1. The number of nitrogens with one attached hydrogen (secondary N) is 2. The Hall–Kier alpha value is -1.87. The molecule has 0 spiro atoms.